The second-order valence-electron chi connectivity index (χ2n) is 4.99. The molecule has 1 fully saturated rings. The van der Waals surface area contributed by atoms with Crippen molar-refractivity contribution in [3.05, 3.63) is 28.9 Å². The van der Waals surface area contributed by atoms with E-state index in [9.17, 15) is 9.59 Å². The number of rotatable bonds is 5. The van der Waals surface area contributed by atoms with Crippen LogP contribution in [0.5, 0.6) is 5.75 Å². The van der Waals surface area contributed by atoms with E-state index in [4.69, 9.17) is 25.8 Å². The first-order chi connectivity index (χ1) is 11.1. The maximum absolute atomic E-state index is 11.7. The van der Waals surface area contributed by atoms with Crippen LogP contribution in [-0.2, 0) is 9.47 Å². The highest BCUT2D eigenvalue weighted by Gasteiger charge is 2.23. The molecule has 1 aromatic carbocycles. The summed E-state index contributed by atoms with van der Waals surface area (Å²) in [7, 11) is 0. The standard InChI is InChI=1S/C15H15ClN2O5/c1-2-21-14(19)12-4-8-3-10(16)13(5-11(8)18-12)22-7-9-6-17-15(20)23-9/h3-5,9,18H,2,6-7H2,1H3,(H,17,20). The lowest BCUT2D eigenvalue weighted by Crippen LogP contribution is -2.22. The van der Waals surface area contributed by atoms with Crippen molar-refractivity contribution in [3.8, 4) is 5.75 Å². The Bertz CT molecular complexity index is 758. The number of benzene rings is 1. The van der Waals surface area contributed by atoms with Crippen LogP contribution in [0, 0.1) is 0 Å². The van der Waals surface area contributed by atoms with Crippen LogP contribution in [0.1, 0.15) is 17.4 Å². The first-order valence-electron chi connectivity index (χ1n) is 7.13. The van der Waals surface area contributed by atoms with Crippen LogP contribution in [-0.4, -0.2) is 42.9 Å². The lowest BCUT2D eigenvalue weighted by molar-refractivity contribution is 0.0520. The van der Waals surface area contributed by atoms with E-state index in [-0.39, 0.29) is 12.7 Å². The molecule has 1 atom stereocenters. The minimum Gasteiger partial charge on any atom is -0.488 e. The maximum Gasteiger partial charge on any atom is 0.407 e. The molecule has 3 rings (SSSR count). The number of hydrogen-bond acceptors (Lipinski definition) is 5. The monoisotopic (exact) mass is 338 g/mol. The molecule has 23 heavy (non-hydrogen) atoms. The summed E-state index contributed by atoms with van der Waals surface area (Å²) in [6.07, 6.45) is -0.809. The predicted octanol–water partition coefficient (Wildman–Crippen LogP) is 2.49. The summed E-state index contributed by atoms with van der Waals surface area (Å²) >= 11 is 6.19. The normalized spacial score (nSPS) is 17.0. The molecule has 0 bridgehead atoms. The highest BCUT2D eigenvalue weighted by Crippen LogP contribution is 2.30. The van der Waals surface area contributed by atoms with Gasteiger partial charge in [-0.15, -0.1) is 0 Å². The molecular weight excluding hydrogens is 324 g/mol. The van der Waals surface area contributed by atoms with Gasteiger partial charge >= 0.3 is 12.1 Å². The van der Waals surface area contributed by atoms with Crippen LogP contribution in [0.25, 0.3) is 10.9 Å². The van der Waals surface area contributed by atoms with E-state index in [1.165, 1.54) is 0 Å². The summed E-state index contributed by atoms with van der Waals surface area (Å²) in [4.78, 5) is 25.7. The topological polar surface area (TPSA) is 89.7 Å². The van der Waals surface area contributed by atoms with E-state index < -0.39 is 12.1 Å². The smallest absolute Gasteiger partial charge is 0.407 e. The van der Waals surface area contributed by atoms with Gasteiger partial charge < -0.3 is 24.5 Å². The molecule has 0 aliphatic carbocycles. The Hall–Kier alpha value is -2.41. The quantitative estimate of drug-likeness (QED) is 0.817. The minimum atomic E-state index is -0.455. The molecule has 2 aromatic rings. The molecule has 1 aromatic heterocycles. The van der Waals surface area contributed by atoms with Gasteiger partial charge in [0.05, 0.1) is 18.2 Å². The zero-order valence-electron chi connectivity index (χ0n) is 12.3. The Balaban J connectivity index is 1.77. The van der Waals surface area contributed by atoms with Crippen molar-refractivity contribution >= 4 is 34.6 Å². The Morgan fingerprint density at radius 3 is 2.96 bits per heavy atom. The van der Waals surface area contributed by atoms with Gasteiger partial charge in [-0.1, -0.05) is 11.6 Å². The maximum atomic E-state index is 11.7. The molecule has 1 saturated heterocycles. The van der Waals surface area contributed by atoms with Gasteiger partial charge in [0.2, 0.25) is 0 Å². The number of ether oxygens (including phenoxy) is 3. The third-order valence-corrected chi connectivity index (χ3v) is 3.64. The van der Waals surface area contributed by atoms with E-state index in [0.29, 0.717) is 35.1 Å². The number of H-pyrrole nitrogens is 1. The molecular formula is C15H15ClN2O5. The zero-order chi connectivity index (χ0) is 16.4. The number of aromatic nitrogens is 1. The number of amides is 1. The zero-order valence-corrected chi connectivity index (χ0v) is 13.1. The summed E-state index contributed by atoms with van der Waals surface area (Å²) in [5.41, 5.74) is 1.05. The molecule has 1 aliphatic rings. The van der Waals surface area contributed by atoms with Gasteiger partial charge in [-0.05, 0) is 19.1 Å². The molecule has 0 saturated carbocycles. The Morgan fingerprint density at radius 1 is 1.43 bits per heavy atom. The molecule has 8 heteroatoms. The van der Waals surface area contributed by atoms with Crippen molar-refractivity contribution in [2.45, 2.75) is 13.0 Å². The lowest BCUT2D eigenvalue weighted by Gasteiger charge is -2.11. The first-order valence-corrected chi connectivity index (χ1v) is 7.51. The number of cyclic esters (lactones) is 1. The molecule has 0 radical (unpaired) electrons. The number of halogens is 1. The average molecular weight is 339 g/mol. The van der Waals surface area contributed by atoms with Gasteiger partial charge in [-0.3, -0.25) is 0 Å². The van der Waals surface area contributed by atoms with Crippen LogP contribution in [0.4, 0.5) is 4.79 Å². The van der Waals surface area contributed by atoms with Gasteiger partial charge in [0, 0.05) is 17.0 Å². The number of alkyl carbamates (subject to hydrolysis) is 1. The van der Waals surface area contributed by atoms with Crippen molar-refractivity contribution in [1.82, 2.24) is 10.3 Å². The average Bonchev–Trinajstić information content (AvgIpc) is 3.11. The van der Waals surface area contributed by atoms with E-state index in [1.807, 2.05) is 0 Å². The third kappa shape index (κ3) is 3.34. The SMILES string of the molecule is CCOC(=O)c1cc2cc(Cl)c(OCC3CNC(=O)O3)cc2[nH]1. The fourth-order valence-electron chi connectivity index (χ4n) is 2.27. The van der Waals surface area contributed by atoms with Gasteiger partial charge in [-0.25, -0.2) is 9.59 Å². The van der Waals surface area contributed by atoms with Crippen molar-refractivity contribution in [3.63, 3.8) is 0 Å². The molecule has 1 unspecified atom stereocenters. The van der Waals surface area contributed by atoms with Gasteiger partial charge in [-0.2, -0.15) is 0 Å². The van der Waals surface area contributed by atoms with E-state index in [1.54, 1.807) is 25.1 Å². The van der Waals surface area contributed by atoms with Crippen molar-refractivity contribution < 1.29 is 23.8 Å². The summed E-state index contributed by atoms with van der Waals surface area (Å²) in [5, 5.41) is 3.73. The van der Waals surface area contributed by atoms with Gasteiger partial charge in [0.15, 0.2) is 6.10 Å². The van der Waals surface area contributed by atoms with Crippen LogP contribution < -0.4 is 10.1 Å². The van der Waals surface area contributed by atoms with Crippen molar-refractivity contribution in [2.75, 3.05) is 19.8 Å². The van der Waals surface area contributed by atoms with Crippen LogP contribution in [0.3, 0.4) is 0 Å². The molecule has 1 aliphatic heterocycles. The number of nitrogens with one attached hydrogen (secondary N) is 2. The van der Waals surface area contributed by atoms with E-state index in [0.717, 1.165) is 5.39 Å². The number of hydrogen-bond donors (Lipinski definition) is 2. The fourth-order valence-corrected chi connectivity index (χ4v) is 2.50. The minimum absolute atomic E-state index is 0.190. The van der Waals surface area contributed by atoms with Crippen molar-refractivity contribution in [1.29, 1.82) is 0 Å². The van der Waals surface area contributed by atoms with E-state index >= 15 is 0 Å². The summed E-state index contributed by atoms with van der Waals surface area (Å²) in [6, 6.07) is 5.07. The predicted molar refractivity (Wildman–Crippen MR) is 83.0 cm³/mol. The largest absolute Gasteiger partial charge is 0.488 e. The summed E-state index contributed by atoms with van der Waals surface area (Å²) in [5.74, 6) is 0.0191. The highest BCUT2D eigenvalue weighted by atomic mass is 35.5. The number of esters is 1. The number of fused-ring (bicyclic) bond motifs is 1. The Labute approximate surface area is 136 Å². The molecule has 2 heterocycles. The summed E-state index contributed by atoms with van der Waals surface area (Å²) in [6.45, 7) is 2.63. The fraction of sp³-hybridized carbons (Fsp3) is 0.333. The van der Waals surface area contributed by atoms with Gasteiger partial charge in [0.1, 0.15) is 18.1 Å². The molecule has 2 N–H and O–H groups in total. The van der Waals surface area contributed by atoms with E-state index in [2.05, 4.69) is 10.3 Å². The Morgan fingerprint density at radius 2 is 2.26 bits per heavy atom. The number of carbonyl (C=O) groups excluding carboxylic acids is 2. The molecule has 7 nitrogen and oxygen atoms in total. The molecule has 122 valence electrons. The third-order valence-electron chi connectivity index (χ3n) is 3.34. The molecule has 0 spiro atoms. The van der Waals surface area contributed by atoms with Crippen LogP contribution in [0.2, 0.25) is 5.02 Å². The number of carbonyl (C=O) groups is 2. The number of aromatic amines is 1. The summed E-state index contributed by atoms with van der Waals surface area (Å²) < 4.78 is 15.5. The second kappa shape index (κ2) is 6.37. The highest BCUT2D eigenvalue weighted by molar-refractivity contribution is 6.32. The second-order valence-corrected chi connectivity index (χ2v) is 5.40. The Kier molecular flexibility index (Phi) is 4.29. The van der Waals surface area contributed by atoms with Crippen LogP contribution in [0.15, 0.2) is 18.2 Å². The van der Waals surface area contributed by atoms with Crippen molar-refractivity contribution in [2.24, 2.45) is 0 Å². The lowest BCUT2D eigenvalue weighted by atomic mass is 10.2. The first kappa shape index (κ1) is 15.5. The molecule has 1 amide bonds. The van der Waals surface area contributed by atoms with Gasteiger partial charge in [0.25, 0.3) is 0 Å². The van der Waals surface area contributed by atoms with Crippen LogP contribution >= 0.6 is 11.6 Å².